The number of alkyl halides is 3. The molecule has 6 nitrogen and oxygen atoms in total. The Kier molecular flexibility index (Phi) is 3.54. The number of anilines is 1. The summed E-state index contributed by atoms with van der Waals surface area (Å²) in [6.07, 6.45) is -4.19. The zero-order valence-electron chi connectivity index (χ0n) is 10.6. The average molecular weight is 303 g/mol. The lowest BCUT2D eigenvalue weighted by molar-refractivity contribution is -0.143. The van der Waals surface area contributed by atoms with Gasteiger partial charge in [0.1, 0.15) is 0 Å². The number of carbonyl (C=O) groups is 1. The fourth-order valence-corrected chi connectivity index (χ4v) is 1.70. The molecule has 2 rings (SSSR count). The molecular weight excluding hydrogens is 294 g/mol. The lowest BCUT2D eigenvalue weighted by Gasteiger charge is -2.12. The number of carbonyl (C=O) groups excluding carboxylic acids is 1. The Hall–Kier alpha value is -2.65. The first-order chi connectivity index (χ1) is 9.75. The molecule has 2 heterocycles. The highest BCUT2D eigenvalue weighted by Gasteiger charge is 2.40. The summed E-state index contributed by atoms with van der Waals surface area (Å²) in [5.74, 6) is -2.57. The van der Waals surface area contributed by atoms with Crippen molar-refractivity contribution in [2.45, 2.75) is 6.18 Å². The van der Waals surface area contributed by atoms with Crippen LogP contribution in [0.1, 0.15) is 16.1 Å². The second-order valence-corrected chi connectivity index (χ2v) is 3.93. The lowest BCUT2D eigenvalue weighted by Crippen LogP contribution is -2.21. The highest BCUT2D eigenvalue weighted by atomic mass is 19.4. The highest BCUT2D eigenvalue weighted by molar-refractivity contribution is 5.94. The molecule has 0 aromatic carbocycles. The molecule has 0 aliphatic carbocycles. The molecule has 0 fully saturated rings. The summed E-state index contributed by atoms with van der Waals surface area (Å²) in [5.41, 5.74) is 2.74. The van der Waals surface area contributed by atoms with Crippen molar-refractivity contribution < 1.29 is 22.4 Å². The molecule has 2 aromatic rings. The highest BCUT2D eigenvalue weighted by Crippen LogP contribution is 2.33. The van der Waals surface area contributed by atoms with E-state index in [0.717, 1.165) is 12.1 Å². The number of nitrogens with zero attached hydrogens (tertiary/aromatic N) is 3. The van der Waals surface area contributed by atoms with E-state index in [0.29, 0.717) is 10.9 Å². The van der Waals surface area contributed by atoms with Gasteiger partial charge in [0.2, 0.25) is 0 Å². The third kappa shape index (κ3) is 2.64. The van der Waals surface area contributed by atoms with E-state index in [4.69, 9.17) is 5.73 Å². The van der Waals surface area contributed by atoms with E-state index in [1.54, 1.807) is 0 Å². The van der Waals surface area contributed by atoms with Gasteiger partial charge in [-0.05, 0) is 12.1 Å². The van der Waals surface area contributed by atoms with E-state index in [9.17, 15) is 22.4 Å². The predicted molar refractivity (Wildman–Crippen MR) is 64.4 cm³/mol. The van der Waals surface area contributed by atoms with Crippen LogP contribution < -0.4 is 11.1 Å². The van der Waals surface area contributed by atoms with E-state index in [1.807, 2.05) is 0 Å². The standard InChI is InChI=1S/C11H9F4N5O/c1-17-10-6(12)2-3-7(19-10)20-8(11(13,14)15)5(4-18-20)9(16)21/h2-4H,1H3,(H2,16,21)(H,17,19). The number of primary amides is 1. The molecule has 0 saturated heterocycles. The molecule has 0 aliphatic rings. The molecule has 0 atom stereocenters. The number of nitrogens with one attached hydrogen (secondary N) is 1. The number of halogens is 4. The SMILES string of the molecule is CNc1nc(-n2ncc(C(N)=O)c2C(F)(F)F)ccc1F. The van der Waals surface area contributed by atoms with Crippen molar-refractivity contribution in [2.24, 2.45) is 5.73 Å². The van der Waals surface area contributed by atoms with Gasteiger partial charge in [0, 0.05) is 7.05 Å². The number of hydrogen-bond acceptors (Lipinski definition) is 4. The van der Waals surface area contributed by atoms with Crippen molar-refractivity contribution >= 4 is 11.7 Å². The first kappa shape index (κ1) is 14.8. The fraction of sp³-hybridized carbons (Fsp3) is 0.182. The maximum absolute atomic E-state index is 13.3. The average Bonchev–Trinajstić information content (AvgIpc) is 2.84. The Morgan fingerprint density at radius 1 is 1.38 bits per heavy atom. The van der Waals surface area contributed by atoms with Crippen molar-refractivity contribution in [1.29, 1.82) is 0 Å². The van der Waals surface area contributed by atoms with Gasteiger partial charge in [-0.2, -0.15) is 18.3 Å². The number of hydrogen-bond donors (Lipinski definition) is 2. The maximum atomic E-state index is 13.3. The van der Waals surface area contributed by atoms with Gasteiger partial charge in [-0.25, -0.2) is 14.1 Å². The molecule has 0 saturated carbocycles. The second-order valence-electron chi connectivity index (χ2n) is 3.93. The molecule has 3 N–H and O–H groups in total. The van der Waals surface area contributed by atoms with Gasteiger partial charge < -0.3 is 11.1 Å². The van der Waals surface area contributed by atoms with Crippen molar-refractivity contribution in [1.82, 2.24) is 14.8 Å². The minimum absolute atomic E-state index is 0.253. The van der Waals surface area contributed by atoms with E-state index in [1.165, 1.54) is 7.05 Å². The van der Waals surface area contributed by atoms with Crippen molar-refractivity contribution in [3.05, 3.63) is 35.4 Å². The van der Waals surface area contributed by atoms with E-state index >= 15 is 0 Å². The topological polar surface area (TPSA) is 85.8 Å². The molecular formula is C11H9F4N5O. The molecule has 2 aromatic heterocycles. The Labute approximate surface area is 115 Å². The summed E-state index contributed by atoms with van der Waals surface area (Å²) in [4.78, 5) is 14.7. The molecule has 21 heavy (non-hydrogen) atoms. The van der Waals surface area contributed by atoms with Crippen molar-refractivity contribution in [2.75, 3.05) is 12.4 Å². The van der Waals surface area contributed by atoms with E-state index < -0.39 is 29.2 Å². The third-order valence-electron chi connectivity index (χ3n) is 2.59. The monoisotopic (exact) mass is 303 g/mol. The van der Waals surface area contributed by atoms with Crippen LogP contribution in [0.5, 0.6) is 0 Å². The number of pyridine rings is 1. The summed E-state index contributed by atoms with van der Waals surface area (Å²) in [6.45, 7) is 0. The zero-order valence-corrected chi connectivity index (χ0v) is 10.6. The van der Waals surface area contributed by atoms with Gasteiger partial charge in [0.25, 0.3) is 5.91 Å². The van der Waals surface area contributed by atoms with Crippen LogP contribution in [0.3, 0.4) is 0 Å². The normalized spacial score (nSPS) is 11.5. The van der Waals surface area contributed by atoms with Crippen LogP contribution in [0.15, 0.2) is 18.3 Å². The quantitative estimate of drug-likeness (QED) is 0.843. The van der Waals surface area contributed by atoms with Crippen LogP contribution in [-0.2, 0) is 6.18 Å². The predicted octanol–water partition coefficient (Wildman–Crippen LogP) is 1.57. The van der Waals surface area contributed by atoms with Gasteiger partial charge in [0.05, 0.1) is 11.8 Å². The Morgan fingerprint density at radius 2 is 2.05 bits per heavy atom. The van der Waals surface area contributed by atoms with Gasteiger partial charge in [-0.1, -0.05) is 0 Å². The third-order valence-corrected chi connectivity index (χ3v) is 2.59. The van der Waals surface area contributed by atoms with Crippen LogP contribution in [0, 0.1) is 5.82 Å². The molecule has 0 bridgehead atoms. The van der Waals surface area contributed by atoms with Crippen LogP contribution in [0.25, 0.3) is 5.82 Å². The van der Waals surface area contributed by atoms with Crippen LogP contribution in [0.2, 0.25) is 0 Å². The number of nitrogens with two attached hydrogens (primary N) is 1. The van der Waals surface area contributed by atoms with E-state index in [2.05, 4.69) is 15.4 Å². The van der Waals surface area contributed by atoms with Crippen LogP contribution in [0.4, 0.5) is 23.4 Å². The Morgan fingerprint density at radius 3 is 2.57 bits per heavy atom. The van der Waals surface area contributed by atoms with Crippen LogP contribution >= 0.6 is 0 Å². The maximum Gasteiger partial charge on any atom is 0.434 e. The Bertz CT molecular complexity index is 694. The molecule has 10 heteroatoms. The molecule has 112 valence electrons. The summed E-state index contributed by atoms with van der Waals surface area (Å²) in [6, 6.07) is 1.93. The first-order valence-corrected chi connectivity index (χ1v) is 5.55. The molecule has 0 unspecified atom stereocenters. The minimum atomic E-state index is -4.88. The molecule has 0 radical (unpaired) electrons. The number of rotatable bonds is 3. The van der Waals surface area contributed by atoms with Crippen molar-refractivity contribution in [3.63, 3.8) is 0 Å². The first-order valence-electron chi connectivity index (χ1n) is 5.55. The summed E-state index contributed by atoms with van der Waals surface area (Å²) < 4.78 is 52.9. The fourth-order valence-electron chi connectivity index (χ4n) is 1.70. The lowest BCUT2D eigenvalue weighted by atomic mass is 10.2. The zero-order chi connectivity index (χ0) is 15.8. The summed E-state index contributed by atoms with van der Waals surface area (Å²) in [5, 5.41) is 5.86. The van der Waals surface area contributed by atoms with Gasteiger partial charge >= 0.3 is 6.18 Å². The van der Waals surface area contributed by atoms with Gasteiger partial charge in [0.15, 0.2) is 23.1 Å². The molecule has 0 aliphatic heterocycles. The number of aromatic nitrogens is 3. The number of amides is 1. The van der Waals surface area contributed by atoms with E-state index in [-0.39, 0.29) is 11.6 Å². The largest absolute Gasteiger partial charge is 0.434 e. The van der Waals surface area contributed by atoms with Crippen LogP contribution in [-0.4, -0.2) is 27.7 Å². The van der Waals surface area contributed by atoms with Gasteiger partial charge in [-0.15, -0.1) is 0 Å². The molecule has 1 amide bonds. The summed E-state index contributed by atoms with van der Waals surface area (Å²) in [7, 11) is 1.36. The van der Waals surface area contributed by atoms with Gasteiger partial charge in [-0.3, -0.25) is 4.79 Å². The Balaban J connectivity index is 2.67. The smallest absolute Gasteiger partial charge is 0.371 e. The summed E-state index contributed by atoms with van der Waals surface area (Å²) >= 11 is 0. The van der Waals surface area contributed by atoms with Crippen molar-refractivity contribution in [3.8, 4) is 5.82 Å². The second kappa shape index (κ2) is 5.04. The minimum Gasteiger partial charge on any atom is -0.371 e. The molecule has 0 spiro atoms.